The van der Waals surface area contributed by atoms with E-state index in [0.717, 1.165) is 24.8 Å². The van der Waals surface area contributed by atoms with E-state index in [1.165, 1.54) is 9.78 Å². The molecular formula is C14H16N2O3S. The molecule has 0 saturated carbocycles. The van der Waals surface area contributed by atoms with Crippen molar-refractivity contribution in [1.29, 1.82) is 0 Å². The van der Waals surface area contributed by atoms with Crippen LogP contribution >= 0.6 is 11.3 Å². The predicted molar refractivity (Wildman–Crippen MR) is 74.2 cm³/mol. The summed E-state index contributed by atoms with van der Waals surface area (Å²) in [6.07, 6.45) is 2.70. The summed E-state index contributed by atoms with van der Waals surface area (Å²) in [6, 6.07) is 1.14. The second-order valence-corrected chi connectivity index (χ2v) is 6.77. The number of nitrogens with zero attached hydrogens (tertiary/aromatic N) is 1. The Kier molecular flexibility index (Phi) is 2.93. The van der Waals surface area contributed by atoms with Crippen LogP contribution in [0, 0.1) is 5.41 Å². The zero-order valence-corrected chi connectivity index (χ0v) is 12.3. The van der Waals surface area contributed by atoms with E-state index in [1.54, 1.807) is 25.2 Å². The molecule has 0 aromatic carbocycles. The third kappa shape index (κ3) is 1.78. The molecule has 1 aromatic rings. The number of barbiturate groups is 1. The first-order valence-electron chi connectivity index (χ1n) is 6.68. The van der Waals surface area contributed by atoms with E-state index in [2.05, 4.69) is 5.32 Å². The van der Waals surface area contributed by atoms with E-state index in [9.17, 15) is 14.4 Å². The van der Waals surface area contributed by atoms with Crippen molar-refractivity contribution in [2.75, 3.05) is 0 Å². The lowest BCUT2D eigenvalue weighted by atomic mass is 9.85. The van der Waals surface area contributed by atoms with E-state index in [-0.39, 0.29) is 6.04 Å². The molecule has 0 radical (unpaired) electrons. The second-order valence-electron chi connectivity index (χ2n) is 5.77. The van der Waals surface area contributed by atoms with Gasteiger partial charge in [0.15, 0.2) is 0 Å². The van der Waals surface area contributed by atoms with Crippen LogP contribution in [0.4, 0.5) is 4.79 Å². The summed E-state index contributed by atoms with van der Waals surface area (Å²) >= 11 is 1.66. The lowest BCUT2D eigenvalue weighted by Gasteiger charge is -2.40. The Balaban J connectivity index is 2.01. The van der Waals surface area contributed by atoms with Crippen LogP contribution in [0.1, 0.15) is 43.2 Å². The van der Waals surface area contributed by atoms with Crippen LogP contribution in [0.25, 0.3) is 0 Å². The van der Waals surface area contributed by atoms with Gasteiger partial charge >= 0.3 is 6.03 Å². The largest absolute Gasteiger partial charge is 0.331 e. The summed E-state index contributed by atoms with van der Waals surface area (Å²) in [5.41, 5.74) is -0.142. The van der Waals surface area contributed by atoms with Gasteiger partial charge in [-0.1, -0.05) is 0 Å². The molecule has 2 aliphatic rings. The molecule has 6 heteroatoms. The third-order valence-corrected chi connectivity index (χ3v) is 5.09. The van der Waals surface area contributed by atoms with Crippen molar-refractivity contribution in [3.05, 3.63) is 21.9 Å². The van der Waals surface area contributed by atoms with E-state index >= 15 is 0 Å². The third-order valence-electron chi connectivity index (χ3n) is 4.09. The summed E-state index contributed by atoms with van der Waals surface area (Å²) in [6.45, 7) is 3.11. The maximum absolute atomic E-state index is 12.5. The second kappa shape index (κ2) is 4.41. The number of urea groups is 1. The number of aryl methyl sites for hydroxylation is 1. The number of nitrogens with one attached hydrogen (secondary N) is 1. The minimum atomic E-state index is -1.19. The molecule has 0 spiro atoms. The fourth-order valence-corrected chi connectivity index (χ4v) is 3.80. The molecule has 1 aromatic heterocycles. The van der Waals surface area contributed by atoms with Gasteiger partial charge in [0.25, 0.3) is 0 Å². The van der Waals surface area contributed by atoms with Gasteiger partial charge in [-0.25, -0.2) is 4.79 Å². The van der Waals surface area contributed by atoms with E-state index in [0.29, 0.717) is 0 Å². The van der Waals surface area contributed by atoms with Crippen molar-refractivity contribution in [1.82, 2.24) is 10.2 Å². The fourth-order valence-electron chi connectivity index (χ4n) is 2.82. The highest BCUT2D eigenvalue weighted by Crippen LogP contribution is 2.40. The monoisotopic (exact) mass is 292 g/mol. The molecule has 0 bridgehead atoms. The van der Waals surface area contributed by atoms with E-state index in [1.807, 2.05) is 11.4 Å². The van der Waals surface area contributed by atoms with Crippen molar-refractivity contribution < 1.29 is 14.4 Å². The minimum absolute atomic E-state index is 0.245. The highest BCUT2D eigenvalue weighted by atomic mass is 32.1. The van der Waals surface area contributed by atoms with Crippen molar-refractivity contribution in [2.24, 2.45) is 5.41 Å². The van der Waals surface area contributed by atoms with Gasteiger partial charge in [0, 0.05) is 4.88 Å². The van der Waals surface area contributed by atoms with Crippen molar-refractivity contribution >= 4 is 29.2 Å². The number of imide groups is 2. The topological polar surface area (TPSA) is 66.5 Å². The van der Waals surface area contributed by atoms with Gasteiger partial charge in [-0.05, 0) is 50.1 Å². The summed E-state index contributed by atoms with van der Waals surface area (Å²) in [5, 5.41) is 4.29. The highest BCUT2D eigenvalue weighted by molar-refractivity contribution is 7.10. The van der Waals surface area contributed by atoms with Gasteiger partial charge in [-0.2, -0.15) is 0 Å². The van der Waals surface area contributed by atoms with Crippen molar-refractivity contribution in [3.8, 4) is 0 Å². The van der Waals surface area contributed by atoms with Crippen LogP contribution in [0.15, 0.2) is 11.4 Å². The molecule has 1 aliphatic carbocycles. The average molecular weight is 292 g/mol. The molecule has 3 rings (SSSR count). The maximum Gasteiger partial charge on any atom is 0.331 e. The Morgan fingerprint density at radius 1 is 1.35 bits per heavy atom. The number of amides is 4. The number of fused-ring (bicyclic) bond motifs is 1. The molecule has 1 fully saturated rings. The zero-order chi connectivity index (χ0) is 14.5. The molecule has 5 nitrogen and oxygen atoms in total. The summed E-state index contributed by atoms with van der Waals surface area (Å²) in [4.78, 5) is 38.9. The van der Waals surface area contributed by atoms with Crippen LogP contribution < -0.4 is 5.32 Å². The van der Waals surface area contributed by atoms with Crippen LogP contribution in [0.5, 0.6) is 0 Å². The molecular weight excluding hydrogens is 276 g/mol. The molecule has 1 saturated heterocycles. The molecule has 106 valence electrons. The molecule has 1 N–H and O–H groups in total. The Morgan fingerprint density at radius 2 is 2.10 bits per heavy atom. The Hall–Kier alpha value is -1.69. The zero-order valence-electron chi connectivity index (χ0n) is 11.4. The van der Waals surface area contributed by atoms with Crippen LogP contribution in [-0.2, 0) is 16.0 Å². The van der Waals surface area contributed by atoms with E-state index in [4.69, 9.17) is 0 Å². The van der Waals surface area contributed by atoms with Crippen LogP contribution in [-0.4, -0.2) is 22.7 Å². The number of carbonyl (C=O) groups is 3. The first-order chi connectivity index (χ1) is 9.43. The van der Waals surface area contributed by atoms with Crippen molar-refractivity contribution in [3.63, 3.8) is 0 Å². The standard InChI is InChI=1S/C14H16N2O3S/c1-14(2)11(17)15-13(19)16(12(14)18)9-4-3-5-10-8(9)6-7-20-10/h6-7,9H,3-5H2,1-2H3,(H,15,17,19). The quantitative estimate of drug-likeness (QED) is 0.807. The molecule has 1 aliphatic heterocycles. The number of hydrogen-bond acceptors (Lipinski definition) is 4. The van der Waals surface area contributed by atoms with Crippen LogP contribution in [0.3, 0.4) is 0 Å². The number of hydrogen-bond donors (Lipinski definition) is 1. The SMILES string of the molecule is CC1(C)C(=O)NC(=O)N(C2CCCc3sccc32)C1=O. The van der Waals surface area contributed by atoms with Gasteiger partial charge < -0.3 is 0 Å². The van der Waals surface area contributed by atoms with E-state index < -0.39 is 23.3 Å². The summed E-state index contributed by atoms with van der Waals surface area (Å²) in [7, 11) is 0. The normalized spacial score (nSPS) is 25.4. The van der Waals surface area contributed by atoms with Crippen molar-refractivity contribution in [2.45, 2.75) is 39.2 Å². The Labute approximate surface area is 121 Å². The molecule has 2 heterocycles. The fraction of sp³-hybridized carbons (Fsp3) is 0.500. The first-order valence-corrected chi connectivity index (χ1v) is 7.56. The lowest BCUT2D eigenvalue weighted by molar-refractivity contribution is -0.150. The average Bonchev–Trinajstić information content (AvgIpc) is 2.86. The highest BCUT2D eigenvalue weighted by Gasteiger charge is 2.50. The minimum Gasteiger partial charge on any atom is -0.277 e. The summed E-state index contributed by atoms with van der Waals surface area (Å²) in [5.74, 6) is -0.930. The Morgan fingerprint density at radius 3 is 2.85 bits per heavy atom. The van der Waals surface area contributed by atoms with Crippen LogP contribution in [0.2, 0.25) is 0 Å². The number of carbonyl (C=O) groups excluding carboxylic acids is 3. The first kappa shape index (κ1) is 13.3. The number of thiophene rings is 1. The lowest BCUT2D eigenvalue weighted by Crippen LogP contribution is -2.62. The van der Waals surface area contributed by atoms with Gasteiger partial charge in [0.05, 0.1) is 6.04 Å². The smallest absolute Gasteiger partial charge is 0.277 e. The Bertz CT molecular complexity index is 605. The summed E-state index contributed by atoms with van der Waals surface area (Å²) < 4.78 is 0. The van der Waals surface area contributed by atoms with Gasteiger partial charge in [-0.3, -0.25) is 19.8 Å². The molecule has 20 heavy (non-hydrogen) atoms. The molecule has 4 amide bonds. The van der Waals surface area contributed by atoms with Gasteiger partial charge in [0.2, 0.25) is 11.8 Å². The maximum atomic E-state index is 12.5. The molecule has 1 unspecified atom stereocenters. The predicted octanol–water partition coefficient (Wildman–Crippen LogP) is 2.23. The number of rotatable bonds is 1. The van der Waals surface area contributed by atoms with Gasteiger partial charge in [-0.15, -0.1) is 11.3 Å². The van der Waals surface area contributed by atoms with Gasteiger partial charge in [0.1, 0.15) is 5.41 Å². The molecule has 1 atom stereocenters.